The summed E-state index contributed by atoms with van der Waals surface area (Å²) in [5, 5.41) is 11.3. The van der Waals surface area contributed by atoms with Gasteiger partial charge in [-0.2, -0.15) is 5.10 Å². The molecule has 2 aliphatic rings. The maximum Gasteiger partial charge on any atom is 0.233 e. The zero-order valence-electron chi connectivity index (χ0n) is 8.60. The van der Waals surface area contributed by atoms with Gasteiger partial charge in [0.1, 0.15) is 0 Å². The molecule has 0 aliphatic carbocycles. The summed E-state index contributed by atoms with van der Waals surface area (Å²) >= 11 is 0. The number of nitrogens with zero attached hydrogens (tertiary/aromatic N) is 2. The van der Waals surface area contributed by atoms with E-state index in [0.29, 0.717) is 17.8 Å². The Balaban J connectivity index is 1.55. The quantitative estimate of drug-likeness (QED) is 0.799. The lowest BCUT2D eigenvalue weighted by atomic mass is 9.90. The Morgan fingerprint density at radius 3 is 3.13 bits per heavy atom. The Morgan fingerprint density at radius 2 is 2.47 bits per heavy atom. The van der Waals surface area contributed by atoms with Crippen molar-refractivity contribution in [3.05, 3.63) is 18.3 Å². The van der Waals surface area contributed by atoms with Gasteiger partial charge in [-0.25, -0.2) is 0 Å². The van der Waals surface area contributed by atoms with Crippen molar-refractivity contribution < 1.29 is 4.74 Å². The smallest absolute Gasteiger partial charge is 0.233 e. The molecule has 2 saturated heterocycles. The summed E-state index contributed by atoms with van der Waals surface area (Å²) in [4.78, 5) is 0. The first-order valence-corrected chi connectivity index (χ1v) is 5.58. The van der Waals surface area contributed by atoms with Crippen molar-refractivity contribution >= 4 is 0 Å². The molecule has 0 spiro atoms. The topological polar surface area (TPSA) is 47.0 Å². The minimum absolute atomic E-state index is 0.639. The number of aromatic nitrogens is 2. The highest BCUT2D eigenvalue weighted by Crippen LogP contribution is 2.33. The van der Waals surface area contributed by atoms with Crippen LogP contribution < -0.4 is 10.1 Å². The van der Waals surface area contributed by atoms with Gasteiger partial charge in [-0.3, -0.25) is 0 Å². The highest BCUT2D eigenvalue weighted by Gasteiger charge is 2.39. The van der Waals surface area contributed by atoms with Gasteiger partial charge >= 0.3 is 0 Å². The summed E-state index contributed by atoms with van der Waals surface area (Å²) in [6.07, 6.45) is 5.56. The van der Waals surface area contributed by atoms with E-state index in [9.17, 15) is 0 Å². The van der Waals surface area contributed by atoms with Gasteiger partial charge < -0.3 is 10.1 Å². The van der Waals surface area contributed by atoms with Crippen LogP contribution in [0.2, 0.25) is 0 Å². The van der Waals surface area contributed by atoms with Crippen LogP contribution in [0.5, 0.6) is 5.88 Å². The highest BCUT2D eigenvalue weighted by molar-refractivity contribution is 5.06. The molecular weight excluding hydrogens is 190 g/mol. The van der Waals surface area contributed by atoms with E-state index in [-0.39, 0.29) is 0 Å². The fourth-order valence-corrected chi connectivity index (χ4v) is 2.68. The first-order chi connectivity index (χ1) is 7.42. The summed E-state index contributed by atoms with van der Waals surface area (Å²) in [6.45, 7) is 0.771. The molecule has 3 heterocycles. The average Bonchev–Trinajstić information content (AvgIpc) is 2.89. The van der Waals surface area contributed by atoms with Crippen LogP contribution in [0.15, 0.2) is 18.3 Å². The summed E-state index contributed by atoms with van der Waals surface area (Å²) in [6, 6.07) is 5.12. The van der Waals surface area contributed by atoms with Crippen LogP contribution in [0.1, 0.15) is 19.3 Å². The zero-order valence-corrected chi connectivity index (χ0v) is 8.60. The Morgan fingerprint density at radius 1 is 1.47 bits per heavy atom. The van der Waals surface area contributed by atoms with Crippen molar-refractivity contribution in [1.29, 1.82) is 0 Å². The molecule has 0 aromatic carbocycles. The molecule has 0 saturated carbocycles. The van der Waals surface area contributed by atoms with E-state index < -0.39 is 0 Å². The van der Waals surface area contributed by atoms with Gasteiger partial charge in [-0.15, -0.1) is 5.10 Å². The van der Waals surface area contributed by atoms with E-state index in [0.717, 1.165) is 12.6 Å². The van der Waals surface area contributed by atoms with E-state index in [1.165, 1.54) is 19.3 Å². The fraction of sp³-hybridized carbons (Fsp3) is 0.636. The maximum absolute atomic E-state index is 5.63. The maximum atomic E-state index is 5.63. The second-order valence-corrected chi connectivity index (χ2v) is 4.42. The second kappa shape index (κ2) is 3.77. The second-order valence-electron chi connectivity index (χ2n) is 4.42. The molecule has 1 aromatic heterocycles. The van der Waals surface area contributed by atoms with Crippen LogP contribution in [-0.4, -0.2) is 28.9 Å². The van der Waals surface area contributed by atoms with Crippen LogP contribution in [0.3, 0.4) is 0 Å². The molecule has 2 fully saturated rings. The molecule has 0 radical (unpaired) electrons. The number of fused-ring (bicyclic) bond motifs is 2. The van der Waals surface area contributed by atoms with Crippen molar-refractivity contribution in [3.8, 4) is 5.88 Å². The van der Waals surface area contributed by atoms with Crippen molar-refractivity contribution in [2.24, 2.45) is 5.92 Å². The molecule has 1 aromatic rings. The van der Waals surface area contributed by atoms with Crippen LogP contribution in [0, 0.1) is 5.92 Å². The largest absolute Gasteiger partial charge is 0.476 e. The lowest BCUT2D eigenvalue weighted by Crippen LogP contribution is -2.27. The molecule has 2 bridgehead atoms. The average molecular weight is 205 g/mol. The number of ether oxygens (including phenoxy) is 1. The summed E-state index contributed by atoms with van der Waals surface area (Å²) in [5.41, 5.74) is 0. The van der Waals surface area contributed by atoms with Crippen LogP contribution in [-0.2, 0) is 0 Å². The van der Waals surface area contributed by atoms with E-state index in [1.54, 1.807) is 6.20 Å². The van der Waals surface area contributed by atoms with Gasteiger partial charge in [-0.1, -0.05) is 0 Å². The van der Waals surface area contributed by atoms with E-state index in [4.69, 9.17) is 4.74 Å². The number of nitrogens with one attached hydrogen (secondary N) is 1. The molecule has 3 atom stereocenters. The van der Waals surface area contributed by atoms with Crippen molar-refractivity contribution in [2.75, 3.05) is 6.61 Å². The van der Waals surface area contributed by atoms with Crippen LogP contribution in [0.4, 0.5) is 0 Å². The minimum atomic E-state index is 0.639. The molecule has 15 heavy (non-hydrogen) atoms. The van der Waals surface area contributed by atoms with E-state index >= 15 is 0 Å². The Kier molecular flexibility index (Phi) is 2.29. The lowest BCUT2D eigenvalue weighted by Gasteiger charge is -2.19. The minimum Gasteiger partial charge on any atom is -0.476 e. The van der Waals surface area contributed by atoms with Crippen molar-refractivity contribution in [3.63, 3.8) is 0 Å². The van der Waals surface area contributed by atoms with Gasteiger partial charge in [0.05, 0.1) is 6.61 Å². The molecule has 1 N–H and O–H groups in total. The molecule has 80 valence electrons. The van der Waals surface area contributed by atoms with Gasteiger partial charge in [-0.05, 0) is 25.3 Å². The molecule has 2 aliphatic heterocycles. The number of hydrogen-bond donors (Lipinski definition) is 1. The summed E-state index contributed by atoms with van der Waals surface area (Å²) in [5.74, 6) is 1.30. The Bertz CT molecular complexity index is 330. The normalized spacial score (nSPS) is 33.2. The molecule has 3 unspecified atom stereocenters. The van der Waals surface area contributed by atoms with Gasteiger partial charge in [0.25, 0.3) is 0 Å². The van der Waals surface area contributed by atoms with Crippen LogP contribution in [0.25, 0.3) is 0 Å². The standard InChI is InChI=1S/C11H15N3O/c1-2-11(14-12-5-1)15-7-8-6-9-3-4-10(8)13-9/h1-2,5,8-10,13H,3-4,6-7H2. The first kappa shape index (κ1) is 9.09. The Hall–Kier alpha value is -1.16. The lowest BCUT2D eigenvalue weighted by molar-refractivity contribution is 0.214. The molecule has 4 heteroatoms. The molecule has 3 rings (SSSR count). The third-order valence-electron chi connectivity index (χ3n) is 3.43. The number of hydrogen-bond acceptors (Lipinski definition) is 4. The van der Waals surface area contributed by atoms with Gasteiger partial charge in [0, 0.05) is 30.3 Å². The predicted molar refractivity (Wildman–Crippen MR) is 55.6 cm³/mol. The van der Waals surface area contributed by atoms with Crippen molar-refractivity contribution in [2.45, 2.75) is 31.3 Å². The van der Waals surface area contributed by atoms with Crippen LogP contribution >= 0.6 is 0 Å². The summed E-state index contributed by atoms with van der Waals surface area (Å²) < 4.78 is 5.63. The van der Waals surface area contributed by atoms with Crippen molar-refractivity contribution in [1.82, 2.24) is 15.5 Å². The Labute approximate surface area is 89.0 Å². The SMILES string of the molecule is c1cnnc(OCC2CC3CCC2N3)c1. The first-order valence-electron chi connectivity index (χ1n) is 5.58. The highest BCUT2D eigenvalue weighted by atomic mass is 16.5. The van der Waals surface area contributed by atoms with E-state index in [1.807, 2.05) is 12.1 Å². The third-order valence-corrected chi connectivity index (χ3v) is 3.43. The van der Waals surface area contributed by atoms with E-state index in [2.05, 4.69) is 15.5 Å². The molecule has 4 nitrogen and oxygen atoms in total. The number of rotatable bonds is 3. The fourth-order valence-electron chi connectivity index (χ4n) is 2.68. The monoisotopic (exact) mass is 205 g/mol. The predicted octanol–water partition coefficient (Wildman–Crippen LogP) is 0.996. The third kappa shape index (κ3) is 1.81. The molecule has 0 amide bonds. The van der Waals surface area contributed by atoms with Gasteiger partial charge in [0.15, 0.2) is 0 Å². The summed E-state index contributed by atoms with van der Waals surface area (Å²) in [7, 11) is 0. The van der Waals surface area contributed by atoms with Gasteiger partial charge in [0.2, 0.25) is 5.88 Å². The zero-order chi connectivity index (χ0) is 10.1. The molecular formula is C11H15N3O.